The van der Waals surface area contributed by atoms with Crippen molar-refractivity contribution in [2.24, 2.45) is 11.3 Å². The van der Waals surface area contributed by atoms with Crippen LogP contribution in [0, 0.1) is 11.3 Å². The molecule has 2 nitrogen and oxygen atoms in total. The van der Waals surface area contributed by atoms with Crippen molar-refractivity contribution in [3.8, 4) is 0 Å². The highest BCUT2D eigenvalue weighted by atomic mass is 16.5. The maximum Gasteiger partial charge on any atom is 0.0497 e. The van der Waals surface area contributed by atoms with Gasteiger partial charge in [-0.2, -0.15) is 0 Å². The zero-order valence-corrected chi connectivity index (χ0v) is 8.05. The maximum atomic E-state index is 9.01. The molecule has 0 aliphatic heterocycles. The average molecular weight is 160 g/mol. The molecule has 1 N–H and O–H groups in total. The second kappa shape index (κ2) is 4.73. The molecule has 1 atom stereocenters. The number of ether oxygens (including phenoxy) is 1. The second-order valence-electron chi connectivity index (χ2n) is 3.71. The monoisotopic (exact) mass is 160 g/mol. The summed E-state index contributed by atoms with van der Waals surface area (Å²) in [5, 5.41) is 9.01. The zero-order chi connectivity index (χ0) is 8.91. The molecule has 68 valence electrons. The third-order valence-corrected chi connectivity index (χ3v) is 2.31. The molecule has 0 radical (unpaired) electrons. The molecule has 1 unspecified atom stereocenters. The van der Waals surface area contributed by atoms with E-state index in [2.05, 4.69) is 20.8 Å². The summed E-state index contributed by atoms with van der Waals surface area (Å²) in [5.41, 5.74) is -0.0187. The number of rotatable bonds is 5. The van der Waals surface area contributed by atoms with Gasteiger partial charge >= 0.3 is 0 Å². The highest BCUT2D eigenvalue weighted by Crippen LogP contribution is 2.25. The van der Waals surface area contributed by atoms with E-state index < -0.39 is 0 Å². The van der Waals surface area contributed by atoms with Gasteiger partial charge in [0.25, 0.3) is 0 Å². The summed E-state index contributed by atoms with van der Waals surface area (Å²) < 4.78 is 5.27. The molecule has 11 heavy (non-hydrogen) atoms. The first-order valence-corrected chi connectivity index (χ1v) is 4.23. The molecule has 0 saturated heterocycles. The minimum atomic E-state index is -0.0187. The molecule has 0 aliphatic carbocycles. The van der Waals surface area contributed by atoms with Crippen molar-refractivity contribution in [1.82, 2.24) is 0 Å². The van der Waals surface area contributed by atoms with Gasteiger partial charge in [-0.05, 0) is 18.3 Å². The molecule has 0 spiro atoms. The predicted molar refractivity (Wildman–Crippen MR) is 46.5 cm³/mol. The van der Waals surface area contributed by atoms with E-state index in [0.29, 0.717) is 5.92 Å². The van der Waals surface area contributed by atoms with Crippen LogP contribution >= 0.6 is 0 Å². The van der Waals surface area contributed by atoms with Crippen LogP contribution in [0.25, 0.3) is 0 Å². The summed E-state index contributed by atoms with van der Waals surface area (Å²) in [6, 6.07) is 0. The molecule has 0 amide bonds. The third kappa shape index (κ3) is 3.73. The molecule has 0 fully saturated rings. The Kier molecular flexibility index (Phi) is 4.69. The van der Waals surface area contributed by atoms with Crippen LogP contribution in [0.2, 0.25) is 0 Å². The lowest BCUT2D eigenvalue weighted by Gasteiger charge is -2.29. The Morgan fingerprint density at radius 2 is 2.00 bits per heavy atom. The van der Waals surface area contributed by atoms with Crippen molar-refractivity contribution in [2.45, 2.75) is 27.7 Å². The van der Waals surface area contributed by atoms with Crippen LogP contribution in [0.1, 0.15) is 27.7 Å². The quantitative estimate of drug-likeness (QED) is 0.663. The van der Waals surface area contributed by atoms with E-state index in [1.807, 2.05) is 6.92 Å². The maximum absolute atomic E-state index is 9.01. The van der Waals surface area contributed by atoms with E-state index in [1.165, 1.54) is 0 Å². The molecule has 2 heteroatoms. The lowest BCUT2D eigenvalue weighted by molar-refractivity contribution is 0.0320. The zero-order valence-electron chi connectivity index (χ0n) is 8.05. The molecule has 0 saturated carbocycles. The van der Waals surface area contributed by atoms with Crippen LogP contribution in [0.5, 0.6) is 0 Å². The minimum Gasteiger partial charge on any atom is -0.396 e. The molecule has 0 aliphatic rings. The fraction of sp³-hybridized carbons (Fsp3) is 1.00. The smallest absolute Gasteiger partial charge is 0.0497 e. The van der Waals surface area contributed by atoms with Crippen molar-refractivity contribution in [2.75, 3.05) is 19.8 Å². The van der Waals surface area contributed by atoms with Crippen molar-refractivity contribution < 1.29 is 9.84 Å². The van der Waals surface area contributed by atoms with E-state index in [4.69, 9.17) is 9.84 Å². The highest BCUT2D eigenvalue weighted by molar-refractivity contribution is 4.73. The molecular weight excluding hydrogens is 140 g/mol. The minimum absolute atomic E-state index is 0.0187. The normalized spacial score (nSPS) is 15.0. The van der Waals surface area contributed by atoms with Gasteiger partial charge in [-0.15, -0.1) is 0 Å². The largest absolute Gasteiger partial charge is 0.396 e. The topological polar surface area (TPSA) is 29.5 Å². The van der Waals surface area contributed by atoms with Gasteiger partial charge in [0, 0.05) is 19.8 Å². The number of hydrogen-bond acceptors (Lipinski definition) is 2. The van der Waals surface area contributed by atoms with Crippen molar-refractivity contribution >= 4 is 0 Å². The first kappa shape index (κ1) is 10.9. The van der Waals surface area contributed by atoms with Gasteiger partial charge in [0.1, 0.15) is 0 Å². The first-order chi connectivity index (χ1) is 5.04. The Morgan fingerprint density at radius 1 is 1.45 bits per heavy atom. The molecule has 0 bridgehead atoms. The molecule has 0 aromatic carbocycles. The summed E-state index contributed by atoms with van der Waals surface area (Å²) in [4.78, 5) is 0. The fourth-order valence-electron chi connectivity index (χ4n) is 0.676. The van der Waals surface area contributed by atoms with Crippen molar-refractivity contribution in [3.63, 3.8) is 0 Å². The molecule has 0 aromatic heterocycles. The van der Waals surface area contributed by atoms with Gasteiger partial charge in [0.05, 0.1) is 0 Å². The van der Waals surface area contributed by atoms with Crippen LogP contribution in [0.4, 0.5) is 0 Å². The summed E-state index contributed by atoms with van der Waals surface area (Å²) in [5.74, 6) is 0.410. The van der Waals surface area contributed by atoms with Crippen LogP contribution in [0.15, 0.2) is 0 Å². The van der Waals surface area contributed by atoms with Crippen molar-refractivity contribution in [3.05, 3.63) is 0 Å². The lowest BCUT2D eigenvalue weighted by Crippen LogP contribution is -2.29. The van der Waals surface area contributed by atoms with Gasteiger partial charge in [-0.3, -0.25) is 0 Å². The van der Waals surface area contributed by atoms with Gasteiger partial charge in [-0.1, -0.05) is 20.8 Å². The van der Waals surface area contributed by atoms with Crippen molar-refractivity contribution in [1.29, 1.82) is 0 Å². The van der Waals surface area contributed by atoms with Crippen LogP contribution in [-0.4, -0.2) is 24.9 Å². The van der Waals surface area contributed by atoms with Gasteiger partial charge in [0.15, 0.2) is 0 Å². The Labute approximate surface area is 69.6 Å². The Morgan fingerprint density at radius 3 is 2.36 bits per heavy atom. The third-order valence-electron chi connectivity index (χ3n) is 2.31. The summed E-state index contributed by atoms with van der Waals surface area (Å²) >= 11 is 0. The summed E-state index contributed by atoms with van der Waals surface area (Å²) in [7, 11) is 0. The first-order valence-electron chi connectivity index (χ1n) is 4.23. The Hall–Kier alpha value is -0.0800. The van der Waals surface area contributed by atoms with Crippen LogP contribution in [-0.2, 0) is 4.74 Å². The SMILES string of the molecule is CCOCC(C)C(C)(C)CO. The van der Waals surface area contributed by atoms with Gasteiger partial charge in [0.2, 0.25) is 0 Å². The summed E-state index contributed by atoms with van der Waals surface area (Å²) in [6.07, 6.45) is 0. The van der Waals surface area contributed by atoms with E-state index in [1.54, 1.807) is 0 Å². The fourth-order valence-corrected chi connectivity index (χ4v) is 0.676. The molecule has 0 aromatic rings. The Bertz CT molecular complexity index is 99.7. The number of hydrogen-bond donors (Lipinski definition) is 1. The van der Waals surface area contributed by atoms with Gasteiger partial charge < -0.3 is 9.84 Å². The van der Waals surface area contributed by atoms with E-state index >= 15 is 0 Å². The van der Waals surface area contributed by atoms with E-state index in [9.17, 15) is 0 Å². The lowest BCUT2D eigenvalue weighted by atomic mass is 9.81. The molecule has 0 heterocycles. The molecular formula is C9H20O2. The molecule has 0 rings (SSSR count). The number of aliphatic hydroxyl groups is 1. The standard InChI is InChI=1S/C9H20O2/c1-5-11-6-8(2)9(3,4)7-10/h8,10H,5-7H2,1-4H3. The second-order valence-corrected chi connectivity index (χ2v) is 3.71. The summed E-state index contributed by atoms with van der Waals surface area (Å²) in [6.45, 7) is 9.91. The average Bonchev–Trinajstić information content (AvgIpc) is 2.00. The van der Waals surface area contributed by atoms with Crippen LogP contribution in [0.3, 0.4) is 0 Å². The highest BCUT2D eigenvalue weighted by Gasteiger charge is 2.24. The number of aliphatic hydroxyl groups excluding tert-OH is 1. The van der Waals surface area contributed by atoms with E-state index in [0.717, 1.165) is 13.2 Å². The predicted octanol–water partition coefficient (Wildman–Crippen LogP) is 1.68. The van der Waals surface area contributed by atoms with Gasteiger partial charge in [-0.25, -0.2) is 0 Å². The van der Waals surface area contributed by atoms with Crippen LogP contribution < -0.4 is 0 Å². The van der Waals surface area contributed by atoms with E-state index in [-0.39, 0.29) is 12.0 Å². The Balaban J connectivity index is 3.71.